The minimum Gasteiger partial charge on any atom is -0.455 e. The topological polar surface area (TPSA) is 54.5 Å². The largest absolute Gasteiger partial charge is 0.455 e. The van der Waals surface area contributed by atoms with Gasteiger partial charge in [-0.05, 0) is 70.2 Å². The van der Waals surface area contributed by atoms with E-state index in [1.807, 2.05) is 34.8 Å². The molecule has 2 fully saturated rings. The standard InChI is InChI=1S/C23H34N4O2S/c1-18-5-3-4-12-26(18)13-8-19-9-14-27(15-10-19)22(28)21-7-6-20(29-21)17-30-23-24-11-16-25(23)2/h6-7,11,16,18-19H,3-5,8-10,12-15,17H2,1-2H3/t18-/m0/s1. The summed E-state index contributed by atoms with van der Waals surface area (Å²) < 4.78 is 7.83. The summed E-state index contributed by atoms with van der Waals surface area (Å²) in [5, 5.41) is 0.945. The number of thioether (sulfide) groups is 1. The van der Waals surface area contributed by atoms with Crippen molar-refractivity contribution in [2.75, 3.05) is 26.2 Å². The molecule has 4 rings (SSSR count). The number of aromatic nitrogens is 2. The summed E-state index contributed by atoms with van der Waals surface area (Å²) in [5.74, 6) is 2.73. The molecule has 1 atom stereocenters. The SMILES string of the molecule is C[C@H]1CCCCN1CCC1CCN(C(=O)c2ccc(CSc3nccn3C)o2)CC1. The summed E-state index contributed by atoms with van der Waals surface area (Å²) in [5.41, 5.74) is 0. The van der Waals surface area contributed by atoms with E-state index in [0.717, 1.165) is 48.8 Å². The van der Waals surface area contributed by atoms with Gasteiger partial charge in [-0.1, -0.05) is 18.2 Å². The molecule has 0 saturated carbocycles. The Morgan fingerprint density at radius 3 is 2.77 bits per heavy atom. The Morgan fingerprint density at radius 1 is 1.20 bits per heavy atom. The first-order valence-corrected chi connectivity index (χ1v) is 12.3. The van der Waals surface area contributed by atoms with Gasteiger partial charge in [0.25, 0.3) is 5.91 Å². The normalized spacial score (nSPS) is 21.3. The van der Waals surface area contributed by atoms with Gasteiger partial charge in [0.2, 0.25) is 0 Å². The Balaban J connectivity index is 1.21. The molecule has 30 heavy (non-hydrogen) atoms. The zero-order valence-corrected chi connectivity index (χ0v) is 19.1. The van der Waals surface area contributed by atoms with E-state index in [4.69, 9.17) is 4.42 Å². The van der Waals surface area contributed by atoms with Crippen molar-refractivity contribution in [3.63, 3.8) is 0 Å². The van der Waals surface area contributed by atoms with Crippen molar-refractivity contribution in [1.29, 1.82) is 0 Å². The van der Waals surface area contributed by atoms with Crippen LogP contribution >= 0.6 is 11.8 Å². The molecule has 0 N–H and O–H groups in total. The molecule has 2 aliphatic rings. The van der Waals surface area contributed by atoms with E-state index in [0.29, 0.717) is 11.5 Å². The van der Waals surface area contributed by atoms with Crippen molar-refractivity contribution < 1.29 is 9.21 Å². The van der Waals surface area contributed by atoms with Gasteiger partial charge in [-0.3, -0.25) is 4.79 Å². The molecule has 0 radical (unpaired) electrons. The number of imidazole rings is 1. The minimum absolute atomic E-state index is 0.0337. The average Bonchev–Trinajstić information content (AvgIpc) is 3.40. The predicted octanol–water partition coefficient (Wildman–Crippen LogP) is 4.42. The number of hydrogen-bond donors (Lipinski definition) is 0. The maximum atomic E-state index is 12.9. The number of aryl methyl sites for hydroxylation is 1. The van der Waals surface area contributed by atoms with E-state index in [-0.39, 0.29) is 5.91 Å². The second-order valence-electron chi connectivity index (χ2n) is 8.78. The summed E-state index contributed by atoms with van der Waals surface area (Å²) in [4.78, 5) is 21.8. The highest BCUT2D eigenvalue weighted by molar-refractivity contribution is 7.98. The molecular formula is C23H34N4O2S. The van der Waals surface area contributed by atoms with Crippen LogP contribution in [0.5, 0.6) is 0 Å². The van der Waals surface area contributed by atoms with E-state index in [1.165, 1.54) is 38.8 Å². The fraction of sp³-hybridized carbons (Fsp3) is 0.652. The van der Waals surface area contributed by atoms with Gasteiger partial charge in [0, 0.05) is 38.6 Å². The third kappa shape index (κ3) is 5.30. The molecule has 0 aliphatic carbocycles. The summed E-state index contributed by atoms with van der Waals surface area (Å²) in [6.07, 6.45) is 11.3. The zero-order chi connectivity index (χ0) is 20.9. The number of piperidine rings is 2. The van der Waals surface area contributed by atoms with Crippen LogP contribution in [0.15, 0.2) is 34.1 Å². The molecule has 164 valence electrons. The lowest BCUT2D eigenvalue weighted by atomic mass is 9.92. The van der Waals surface area contributed by atoms with Crippen LogP contribution in [-0.2, 0) is 12.8 Å². The van der Waals surface area contributed by atoms with Crippen molar-refractivity contribution in [2.24, 2.45) is 13.0 Å². The summed E-state index contributed by atoms with van der Waals surface area (Å²) in [7, 11) is 1.98. The molecule has 2 aromatic heterocycles. The Hall–Kier alpha value is -1.73. The maximum absolute atomic E-state index is 12.9. The molecule has 0 bridgehead atoms. The number of amides is 1. The molecular weight excluding hydrogens is 396 g/mol. The van der Waals surface area contributed by atoms with Crippen LogP contribution in [0.4, 0.5) is 0 Å². The highest BCUT2D eigenvalue weighted by Crippen LogP contribution is 2.26. The smallest absolute Gasteiger partial charge is 0.289 e. The van der Waals surface area contributed by atoms with Crippen LogP contribution in [0, 0.1) is 5.92 Å². The molecule has 2 aromatic rings. The second kappa shape index (κ2) is 10.1. The third-order valence-corrected chi connectivity index (χ3v) is 7.74. The number of rotatable bonds is 7. The Bertz CT molecular complexity index is 825. The van der Waals surface area contributed by atoms with Crippen molar-refractivity contribution in [2.45, 2.75) is 62.4 Å². The molecule has 4 heterocycles. The molecule has 2 saturated heterocycles. The van der Waals surface area contributed by atoms with E-state index < -0.39 is 0 Å². The van der Waals surface area contributed by atoms with Crippen molar-refractivity contribution >= 4 is 17.7 Å². The van der Waals surface area contributed by atoms with Gasteiger partial charge in [-0.2, -0.15) is 0 Å². The Labute approximate surface area is 184 Å². The van der Waals surface area contributed by atoms with Crippen LogP contribution in [0.25, 0.3) is 0 Å². The molecule has 0 spiro atoms. The first kappa shape index (κ1) is 21.5. The summed E-state index contributed by atoms with van der Waals surface area (Å²) >= 11 is 1.61. The monoisotopic (exact) mass is 430 g/mol. The van der Waals surface area contributed by atoms with Gasteiger partial charge >= 0.3 is 0 Å². The average molecular weight is 431 g/mol. The number of hydrogen-bond acceptors (Lipinski definition) is 5. The van der Waals surface area contributed by atoms with Gasteiger partial charge in [-0.25, -0.2) is 4.98 Å². The first-order chi connectivity index (χ1) is 14.6. The van der Waals surface area contributed by atoms with Crippen LogP contribution in [0.2, 0.25) is 0 Å². The molecule has 0 aromatic carbocycles. The molecule has 1 amide bonds. The van der Waals surface area contributed by atoms with Crippen LogP contribution in [0.3, 0.4) is 0 Å². The molecule has 6 nitrogen and oxygen atoms in total. The number of carbonyl (C=O) groups excluding carboxylic acids is 1. The molecule has 0 unspecified atom stereocenters. The van der Waals surface area contributed by atoms with Crippen LogP contribution < -0.4 is 0 Å². The lowest BCUT2D eigenvalue weighted by molar-refractivity contribution is 0.0640. The van der Waals surface area contributed by atoms with Crippen LogP contribution in [0.1, 0.15) is 61.8 Å². The highest BCUT2D eigenvalue weighted by Gasteiger charge is 2.26. The Kier molecular flexibility index (Phi) is 7.20. The van der Waals surface area contributed by atoms with Crippen molar-refractivity contribution in [3.05, 3.63) is 36.0 Å². The fourth-order valence-corrected chi connectivity index (χ4v) is 5.44. The number of carbonyl (C=O) groups is 1. The van der Waals surface area contributed by atoms with E-state index in [2.05, 4.69) is 16.8 Å². The van der Waals surface area contributed by atoms with Gasteiger partial charge in [0.05, 0.1) is 5.75 Å². The lowest BCUT2D eigenvalue weighted by Crippen LogP contribution is -2.41. The fourth-order valence-electron chi connectivity index (χ4n) is 4.62. The third-order valence-electron chi connectivity index (χ3n) is 6.66. The quantitative estimate of drug-likeness (QED) is 0.609. The number of likely N-dealkylation sites (tertiary alicyclic amines) is 2. The summed E-state index contributed by atoms with van der Waals surface area (Å²) in [6.45, 7) is 6.54. The maximum Gasteiger partial charge on any atom is 0.289 e. The molecule has 2 aliphatic heterocycles. The van der Waals surface area contributed by atoms with E-state index in [1.54, 1.807) is 18.0 Å². The number of nitrogens with zero attached hydrogens (tertiary/aromatic N) is 4. The van der Waals surface area contributed by atoms with Crippen LogP contribution in [-0.4, -0.2) is 57.5 Å². The zero-order valence-electron chi connectivity index (χ0n) is 18.3. The molecule has 7 heteroatoms. The lowest BCUT2D eigenvalue weighted by Gasteiger charge is -2.36. The van der Waals surface area contributed by atoms with E-state index >= 15 is 0 Å². The van der Waals surface area contributed by atoms with Crippen molar-refractivity contribution in [1.82, 2.24) is 19.4 Å². The van der Waals surface area contributed by atoms with Gasteiger partial charge in [-0.15, -0.1) is 0 Å². The van der Waals surface area contributed by atoms with E-state index in [9.17, 15) is 4.79 Å². The van der Waals surface area contributed by atoms with Gasteiger partial charge in [0.1, 0.15) is 5.76 Å². The van der Waals surface area contributed by atoms with Crippen molar-refractivity contribution in [3.8, 4) is 0 Å². The van der Waals surface area contributed by atoms with Gasteiger partial charge < -0.3 is 18.8 Å². The summed E-state index contributed by atoms with van der Waals surface area (Å²) in [6, 6.07) is 4.47. The predicted molar refractivity (Wildman–Crippen MR) is 120 cm³/mol. The highest BCUT2D eigenvalue weighted by atomic mass is 32.2. The Morgan fingerprint density at radius 2 is 2.03 bits per heavy atom. The number of furan rings is 1. The van der Waals surface area contributed by atoms with Gasteiger partial charge in [0.15, 0.2) is 10.9 Å². The first-order valence-electron chi connectivity index (χ1n) is 11.3. The minimum atomic E-state index is 0.0337. The second-order valence-corrected chi connectivity index (χ2v) is 9.72.